The third-order valence-corrected chi connectivity index (χ3v) is 3.97. The van der Waals surface area contributed by atoms with E-state index in [-0.39, 0.29) is 0 Å². The molecule has 1 unspecified atom stereocenters. The zero-order valence-electron chi connectivity index (χ0n) is 13.7. The Hall–Kier alpha value is -1.80. The summed E-state index contributed by atoms with van der Waals surface area (Å²) in [4.78, 5) is 0. The average Bonchev–Trinajstić information content (AvgIpc) is 2.51. The molecule has 0 aliphatic rings. The summed E-state index contributed by atoms with van der Waals surface area (Å²) < 4.78 is 5.87. The second-order valence-electron chi connectivity index (χ2n) is 5.94. The largest absolute Gasteiger partial charge is 0.457 e. The molecule has 0 amide bonds. The lowest BCUT2D eigenvalue weighted by Crippen LogP contribution is -2.19. The summed E-state index contributed by atoms with van der Waals surface area (Å²) in [7, 11) is 0. The van der Waals surface area contributed by atoms with E-state index in [2.05, 4.69) is 32.0 Å². The minimum Gasteiger partial charge on any atom is -0.457 e. The van der Waals surface area contributed by atoms with Crippen LogP contribution in [0.15, 0.2) is 48.5 Å². The highest BCUT2D eigenvalue weighted by Crippen LogP contribution is 2.24. The lowest BCUT2D eigenvalue weighted by molar-refractivity contribution is 0.482. The Labute approximate surface area is 134 Å². The fourth-order valence-electron chi connectivity index (χ4n) is 2.71. The molecule has 0 aliphatic carbocycles. The Morgan fingerprint density at radius 1 is 1.00 bits per heavy atom. The summed E-state index contributed by atoms with van der Waals surface area (Å²) in [5, 5.41) is 0. The molecule has 118 valence electrons. The normalized spacial score (nSPS) is 12.1. The first-order valence-electron chi connectivity index (χ1n) is 8.27. The average molecular weight is 297 g/mol. The molecule has 0 radical (unpaired) electrons. The van der Waals surface area contributed by atoms with Gasteiger partial charge in [0.1, 0.15) is 11.5 Å². The van der Waals surface area contributed by atoms with Gasteiger partial charge in [-0.05, 0) is 68.0 Å². The molecule has 2 N–H and O–H groups in total. The van der Waals surface area contributed by atoms with Gasteiger partial charge in [-0.25, -0.2) is 0 Å². The predicted octanol–water partition coefficient (Wildman–Crippen LogP) is 5.24. The molecule has 0 spiro atoms. The van der Waals surface area contributed by atoms with Crippen LogP contribution in [0.4, 0.5) is 0 Å². The van der Waals surface area contributed by atoms with Crippen molar-refractivity contribution in [1.82, 2.24) is 0 Å². The van der Waals surface area contributed by atoms with Crippen molar-refractivity contribution < 1.29 is 4.74 Å². The number of ether oxygens (including phenoxy) is 1. The third kappa shape index (κ3) is 5.19. The van der Waals surface area contributed by atoms with E-state index in [0.29, 0.717) is 6.04 Å². The van der Waals surface area contributed by atoms with Gasteiger partial charge < -0.3 is 10.5 Å². The van der Waals surface area contributed by atoms with Gasteiger partial charge in [-0.2, -0.15) is 0 Å². The van der Waals surface area contributed by atoms with Crippen LogP contribution >= 0.6 is 0 Å². The standard InChI is InChI=1S/C20H27NO/c1-3-8-18(21)10-7-9-17-13-14-20(15-16(17)2)22-19-11-5-4-6-12-19/h4-6,11-15,18H,3,7-10,21H2,1-2H3. The van der Waals surface area contributed by atoms with Crippen LogP contribution in [0.3, 0.4) is 0 Å². The van der Waals surface area contributed by atoms with Crippen molar-refractivity contribution in [3.05, 3.63) is 59.7 Å². The molecule has 2 aromatic rings. The molecule has 2 rings (SSSR count). The van der Waals surface area contributed by atoms with E-state index in [1.54, 1.807) is 0 Å². The molecule has 2 heteroatoms. The van der Waals surface area contributed by atoms with E-state index in [4.69, 9.17) is 10.5 Å². The minimum atomic E-state index is 0.353. The maximum absolute atomic E-state index is 6.08. The molecule has 0 fully saturated rings. The second-order valence-corrected chi connectivity index (χ2v) is 5.94. The number of hydrogen-bond acceptors (Lipinski definition) is 2. The summed E-state index contributed by atoms with van der Waals surface area (Å²) in [5.74, 6) is 1.77. The molecule has 2 nitrogen and oxygen atoms in total. The quantitative estimate of drug-likeness (QED) is 0.723. The van der Waals surface area contributed by atoms with Crippen LogP contribution in [0.1, 0.15) is 43.7 Å². The lowest BCUT2D eigenvalue weighted by Gasteiger charge is -2.12. The number of rotatable bonds is 8. The van der Waals surface area contributed by atoms with Crippen molar-refractivity contribution in [3.8, 4) is 11.5 Å². The Kier molecular flexibility index (Phi) is 6.47. The Morgan fingerprint density at radius 2 is 1.77 bits per heavy atom. The van der Waals surface area contributed by atoms with E-state index in [1.807, 2.05) is 30.3 Å². The highest BCUT2D eigenvalue weighted by atomic mass is 16.5. The van der Waals surface area contributed by atoms with E-state index in [1.165, 1.54) is 17.5 Å². The molecular formula is C20H27NO. The number of para-hydroxylation sites is 1. The Morgan fingerprint density at radius 3 is 2.45 bits per heavy atom. The smallest absolute Gasteiger partial charge is 0.127 e. The zero-order valence-corrected chi connectivity index (χ0v) is 13.7. The van der Waals surface area contributed by atoms with E-state index >= 15 is 0 Å². The van der Waals surface area contributed by atoms with Crippen LogP contribution in [0.5, 0.6) is 11.5 Å². The van der Waals surface area contributed by atoms with Crippen LogP contribution in [-0.2, 0) is 6.42 Å². The molecule has 0 aromatic heterocycles. The molecule has 0 saturated carbocycles. The number of hydrogen-bond donors (Lipinski definition) is 1. The number of nitrogens with two attached hydrogens (primary N) is 1. The monoisotopic (exact) mass is 297 g/mol. The van der Waals surface area contributed by atoms with Crippen molar-refractivity contribution in [2.75, 3.05) is 0 Å². The van der Waals surface area contributed by atoms with Crippen molar-refractivity contribution in [2.24, 2.45) is 5.73 Å². The third-order valence-electron chi connectivity index (χ3n) is 3.97. The van der Waals surface area contributed by atoms with Gasteiger partial charge in [0.25, 0.3) is 0 Å². The topological polar surface area (TPSA) is 35.2 Å². The van der Waals surface area contributed by atoms with Crippen molar-refractivity contribution >= 4 is 0 Å². The van der Waals surface area contributed by atoms with E-state index in [9.17, 15) is 0 Å². The van der Waals surface area contributed by atoms with Gasteiger partial charge in [0.2, 0.25) is 0 Å². The van der Waals surface area contributed by atoms with Crippen LogP contribution in [-0.4, -0.2) is 6.04 Å². The first-order chi connectivity index (χ1) is 10.7. The Bertz CT molecular complexity index is 565. The van der Waals surface area contributed by atoms with Gasteiger partial charge >= 0.3 is 0 Å². The van der Waals surface area contributed by atoms with Gasteiger partial charge in [0.05, 0.1) is 0 Å². The summed E-state index contributed by atoms with van der Waals surface area (Å²) in [5.41, 5.74) is 8.76. The van der Waals surface area contributed by atoms with Gasteiger partial charge in [-0.1, -0.05) is 37.6 Å². The van der Waals surface area contributed by atoms with Gasteiger partial charge in [-0.15, -0.1) is 0 Å². The molecule has 1 atom stereocenters. The zero-order chi connectivity index (χ0) is 15.8. The molecule has 0 aliphatic heterocycles. The fourth-order valence-corrected chi connectivity index (χ4v) is 2.71. The van der Waals surface area contributed by atoms with E-state index in [0.717, 1.165) is 37.2 Å². The van der Waals surface area contributed by atoms with E-state index < -0.39 is 0 Å². The number of benzene rings is 2. The van der Waals surface area contributed by atoms with Crippen LogP contribution in [0.2, 0.25) is 0 Å². The van der Waals surface area contributed by atoms with Crippen molar-refractivity contribution in [2.45, 2.75) is 52.0 Å². The maximum atomic E-state index is 6.08. The molecule has 2 aromatic carbocycles. The summed E-state index contributed by atoms with van der Waals surface area (Å²) in [6.07, 6.45) is 5.65. The second kappa shape index (κ2) is 8.60. The molecule has 0 saturated heterocycles. The highest BCUT2D eigenvalue weighted by Gasteiger charge is 2.05. The van der Waals surface area contributed by atoms with Crippen LogP contribution in [0.25, 0.3) is 0 Å². The highest BCUT2D eigenvalue weighted by molar-refractivity contribution is 5.37. The van der Waals surface area contributed by atoms with Crippen molar-refractivity contribution in [1.29, 1.82) is 0 Å². The maximum Gasteiger partial charge on any atom is 0.127 e. The first-order valence-corrected chi connectivity index (χ1v) is 8.27. The summed E-state index contributed by atoms with van der Waals surface area (Å²) >= 11 is 0. The SMILES string of the molecule is CCCC(N)CCCc1ccc(Oc2ccccc2)cc1C. The van der Waals surface area contributed by atoms with Crippen LogP contribution in [0, 0.1) is 6.92 Å². The van der Waals surface area contributed by atoms with Gasteiger partial charge in [-0.3, -0.25) is 0 Å². The van der Waals surface area contributed by atoms with Gasteiger partial charge in [0, 0.05) is 6.04 Å². The predicted molar refractivity (Wildman–Crippen MR) is 93.5 cm³/mol. The lowest BCUT2D eigenvalue weighted by atomic mass is 9.99. The van der Waals surface area contributed by atoms with Crippen LogP contribution < -0.4 is 10.5 Å². The molecular weight excluding hydrogens is 270 g/mol. The molecule has 0 bridgehead atoms. The first kappa shape index (κ1) is 16.6. The van der Waals surface area contributed by atoms with Gasteiger partial charge in [0.15, 0.2) is 0 Å². The fraction of sp³-hybridized carbons (Fsp3) is 0.400. The van der Waals surface area contributed by atoms with Crippen molar-refractivity contribution in [3.63, 3.8) is 0 Å². The Balaban J connectivity index is 1.89. The summed E-state index contributed by atoms with van der Waals surface area (Å²) in [6.45, 7) is 4.34. The summed E-state index contributed by atoms with van der Waals surface area (Å²) in [6, 6.07) is 16.6. The molecule has 22 heavy (non-hydrogen) atoms. The minimum absolute atomic E-state index is 0.353. The molecule has 0 heterocycles. The number of aryl methyl sites for hydroxylation is 2.